The summed E-state index contributed by atoms with van der Waals surface area (Å²) in [7, 11) is 1.28. The lowest BCUT2D eigenvalue weighted by Crippen LogP contribution is -2.09. The van der Waals surface area contributed by atoms with Crippen molar-refractivity contribution in [2.24, 2.45) is 0 Å². The summed E-state index contributed by atoms with van der Waals surface area (Å²) in [6.07, 6.45) is 5.30. The van der Waals surface area contributed by atoms with E-state index in [-0.39, 0.29) is 11.0 Å². The number of benzene rings is 2. The molecular formula is C24H24FNO2. The minimum Gasteiger partial charge on any atom is -0.465 e. The summed E-state index contributed by atoms with van der Waals surface area (Å²) in [5.74, 6) is -0.419. The second kappa shape index (κ2) is 6.20. The van der Waals surface area contributed by atoms with Crippen LogP contribution in [0.2, 0.25) is 0 Å². The Hall–Kier alpha value is -2.62. The Labute approximate surface area is 163 Å². The van der Waals surface area contributed by atoms with E-state index >= 15 is 4.39 Å². The van der Waals surface area contributed by atoms with E-state index in [1.165, 1.54) is 37.3 Å². The quantitative estimate of drug-likeness (QED) is 0.587. The molecule has 0 atom stereocenters. The van der Waals surface area contributed by atoms with Gasteiger partial charge in [-0.3, -0.25) is 0 Å². The Bertz CT molecular complexity index is 1090. The fraction of sp³-hybridized carbons (Fsp3) is 0.375. The van der Waals surface area contributed by atoms with Crippen LogP contribution in [-0.4, -0.2) is 18.1 Å². The minimum atomic E-state index is -0.637. The van der Waals surface area contributed by atoms with Crippen LogP contribution in [0, 0.1) is 5.82 Å². The maximum absolute atomic E-state index is 15.0. The molecule has 5 rings (SSSR count). The second-order valence-corrected chi connectivity index (χ2v) is 8.57. The number of rotatable bonds is 5. The zero-order chi connectivity index (χ0) is 19.5. The third-order valence-electron chi connectivity index (χ3n) is 6.43. The van der Waals surface area contributed by atoms with Crippen LogP contribution in [0.3, 0.4) is 0 Å². The second-order valence-electron chi connectivity index (χ2n) is 8.57. The average Bonchev–Trinajstić information content (AvgIpc) is 3.63. The van der Waals surface area contributed by atoms with E-state index in [4.69, 9.17) is 4.74 Å². The van der Waals surface area contributed by atoms with Crippen molar-refractivity contribution < 1.29 is 13.9 Å². The first-order chi connectivity index (χ1) is 13.5. The number of fused-ring (bicyclic) bond motifs is 1. The van der Waals surface area contributed by atoms with Gasteiger partial charge >= 0.3 is 5.97 Å². The van der Waals surface area contributed by atoms with Crippen LogP contribution in [-0.2, 0) is 16.6 Å². The topological polar surface area (TPSA) is 42.1 Å². The Kier molecular flexibility index (Phi) is 3.87. The van der Waals surface area contributed by atoms with Crippen molar-refractivity contribution in [2.45, 2.75) is 50.4 Å². The number of halogens is 1. The van der Waals surface area contributed by atoms with Gasteiger partial charge in [-0.05, 0) is 60.4 Å². The first kappa shape index (κ1) is 17.5. The van der Waals surface area contributed by atoms with Gasteiger partial charge in [-0.2, -0.15) is 0 Å². The number of ether oxygens (including phenoxy) is 1. The van der Waals surface area contributed by atoms with Gasteiger partial charge in [0.05, 0.1) is 12.7 Å². The summed E-state index contributed by atoms with van der Waals surface area (Å²) >= 11 is 0. The van der Waals surface area contributed by atoms with Crippen molar-refractivity contribution in [3.05, 3.63) is 70.2 Å². The van der Waals surface area contributed by atoms with Gasteiger partial charge in [0.1, 0.15) is 5.82 Å². The number of carbonyl (C=O) groups excluding carboxylic acids is 1. The van der Waals surface area contributed by atoms with Crippen molar-refractivity contribution in [2.75, 3.05) is 7.11 Å². The van der Waals surface area contributed by atoms with Crippen LogP contribution in [0.15, 0.2) is 36.4 Å². The van der Waals surface area contributed by atoms with E-state index in [9.17, 15) is 4.79 Å². The lowest BCUT2D eigenvalue weighted by Gasteiger charge is -2.12. The molecule has 1 aromatic heterocycles. The molecule has 3 aromatic rings. The molecule has 0 bridgehead atoms. The van der Waals surface area contributed by atoms with Crippen LogP contribution in [0.25, 0.3) is 10.9 Å². The van der Waals surface area contributed by atoms with Gasteiger partial charge in [-0.1, -0.05) is 31.2 Å². The van der Waals surface area contributed by atoms with Crippen molar-refractivity contribution in [1.29, 1.82) is 0 Å². The number of methoxy groups -OCH3 is 1. The van der Waals surface area contributed by atoms with Gasteiger partial charge in [0.15, 0.2) is 0 Å². The van der Waals surface area contributed by atoms with E-state index in [1.54, 1.807) is 12.1 Å². The Morgan fingerprint density at radius 2 is 2.04 bits per heavy atom. The fourth-order valence-corrected chi connectivity index (χ4v) is 4.25. The molecule has 1 N–H and O–H groups in total. The van der Waals surface area contributed by atoms with E-state index < -0.39 is 11.8 Å². The van der Waals surface area contributed by atoms with Crippen molar-refractivity contribution in [3.63, 3.8) is 0 Å². The predicted molar refractivity (Wildman–Crippen MR) is 107 cm³/mol. The highest BCUT2D eigenvalue weighted by atomic mass is 19.1. The molecule has 2 fully saturated rings. The van der Waals surface area contributed by atoms with Crippen LogP contribution in [0.4, 0.5) is 4.39 Å². The molecule has 0 aliphatic heterocycles. The first-order valence-corrected chi connectivity index (χ1v) is 10.0. The number of aromatic amines is 1. The Morgan fingerprint density at radius 3 is 2.71 bits per heavy atom. The molecule has 0 amide bonds. The normalized spacial score (nSPS) is 17.7. The van der Waals surface area contributed by atoms with E-state index in [2.05, 4.69) is 30.1 Å². The summed E-state index contributed by atoms with van der Waals surface area (Å²) in [5.41, 5.74) is 5.58. The summed E-state index contributed by atoms with van der Waals surface area (Å²) in [4.78, 5) is 15.5. The molecule has 28 heavy (non-hydrogen) atoms. The van der Waals surface area contributed by atoms with Crippen molar-refractivity contribution in [3.8, 4) is 0 Å². The lowest BCUT2D eigenvalue weighted by atomic mass is 9.93. The Morgan fingerprint density at radius 1 is 1.25 bits per heavy atom. The number of aromatic nitrogens is 1. The molecule has 2 aromatic carbocycles. The molecule has 0 spiro atoms. The van der Waals surface area contributed by atoms with Crippen LogP contribution < -0.4 is 0 Å². The molecule has 2 aliphatic rings. The maximum atomic E-state index is 15.0. The number of H-pyrrole nitrogens is 1. The molecule has 4 heteroatoms. The predicted octanol–water partition coefficient (Wildman–Crippen LogP) is 5.61. The van der Waals surface area contributed by atoms with Crippen LogP contribution >= 0.6 is 0 Å². The maximum Gasteiger partial charge on any atom is 0.340 e. The molecule has 3 nitrogen and oxygen atoms in total. The van der Waals surface area contributed by atoms with Gasteiger partial charge in [-0.25, -0.2) is 9.18 Å². The van der Waals surface area contributed by atoms with Gasteiger partial charge in [0, 0.05) is 28.4 Å². The summed E-state index contributed by atoms with van der Waals surface area (Å²) in [6.45, 7) is 2.27. The highest BCUT2D eigenvalue weighted by Gasteiger charge is 2.42. The van der Waals surface area contributed by atoms with Gasteiger partial charge in [-0.15, -0.1) is 0 Å². The monoisotopic (exact) mass is 377 g/mol. The number of hydrogen-bond donors (Lipinski definition) is 1. The number of hydrogen-bond acceptors (Lipinski definition) is 2. The Balaban J connectivity index is 1.61. The lowest BCUT2D eigenvalue weighted by molar-refractivity contribution is 0.0595. The first-order valence-electron chi connectivity index (χ1n) is 10.0. The highest BCUT2D eigenvalue weighted by Crippen LogP contribution is 2.50. The molecular weight excluding hydrogens is 353 g/mol. The molecule has 144 valence electrons. The summed E-state index contributed by atoms with van der Waals surface area (Å²) in [6, 6.07) is 11.6. The highest BCUT2D eigenvalue weighted by molar-refractivity contribution is 5.90. The van der Waals surface area contributed by atoms with Gasteiger partial charge in [0.2, 0.25) is 0 Å². The third-order valence-corrected chi connectivity index (χ3v) is 6.43. The molecule has 1 heterocycles. The fourth-order valence-electron chi connectivity index (χ4n) is 4.25. The van der Waals surface area contributed by atoms with Gasteiger partial charge in [0.25, 0.3) is 0 Å². The van der Waals surface area contributed by atoms with Gasteiger partial charge < -0.3 is 9.72 Å². The van der Waals surface area contributed by atoms with E-state index in [1.807, 2.05) is 0 Å². The van der Waals surface area contributed by atoms with Crippen LogP contribution in [0.1, 0.15) is 71.3 Å². The number of nitrogens with one attached hydrogen (secondary N) is 1. The zero-order valence-electron chi connectivity index (χ0n) is 16.3. The zero-order valence-corrected chi connectivity index (χ0v) is 16.3. The SMILES string of the molecule is COC(=O)c1cccc(Cc2c(C3(C)CC3)[nH]c3cc(C4CC4)ccc23)c1F. The third kappa shape index (κ3) is 2.83. The van der Waals surface area contributed by atoms with Crippen molar-refractivity contribution in [1.82, 2.24) is 4.98 Å². The molecule has 0 saturated heterocycles. The number of esters is 1. The van der Waals surface area contributed by atoms with Crippen molar-refractivity contribution >= 4 is 16.9 Å². The average molecular weight is 377 g/mol. The van der Waals surface area contributed by atoms with E-state index in [0.717, 1.165) is 29.3 Å². The van der Waals surface area contributed by atoms with Crippen LogP contribution in [0.5, 0.6) is 0 Å². The summed E-state index contributed by atoms with van der Waals surface area (Å²) in [5, 5.41) is 1.16. The molecule has 0 radical (unpaired) electrons. The number of carbonyl (C=O) groups is 1. The smallest absolute Gasteiger partial charge is 0.340 e. The molecule has 2 aliphatic carbocycles. The largest absolute Gasteiger partial charge is 0.465 e. The summed E-state index contributed by atoms with van der Waals surface area (Å²) < 4.78 is 19.7. The molecule has 2 saturated carbocycles. The molecule has 0 unspecified atom stereocenters. The minimum absolute atomic E-state index is 0.00459. The van der Waals surface area contributed by atoms with E-state index in [0.29, 0.717) is 17.9 Å². The standard InChI is InChI=1S/C24H24FNO2/c1-24(10-11-24)22-19(12-16-4-3-5-18(21(16)25)23(27)28-2)17-9-8-15(14-6-7-14)13-20(17)26-22/h3-5,8-9,13-14,26H,6-7,10-12H2,1-2H3.